The van der Waals surface area contributed by atoms with Crippen molar-refractivity contribution in [2.45, 2.75) is 0 Å². The van der Waals surface area contributed by atoms with Gasteiger partial charge >= 0.3 is 5.69 Å². The normalized spacial score (nSPS) is 10.3. The predicted octanol–water partition coefficient (Wildman–Crippen LogP) is 1.63. The summed E-state index contributed by atoms with van der Waals surface area (Å²) < 4.78 is 0.804. The number of H-pyrrole nitrogens is 1. The highest BCUT2D eigenvalue weighted by atomic mass is 35.5. The molecule has 2 aromatic rings. The number of aromatic nitrogens is 2. The van der Waals surface area contributed by atoms with Crippen molar-refractivity contribution < 1.29 is 4.79 Å². The second kappa shape index (κ2) is 5.52. The summed E-state index contributed by atoms with van der Waals surface area (Å²) in [4.78, 5) is 37.3. The monoisotopic (exact) mass is 313 g/mol. The second-order valence-corrected chi connectivity index (χ2v) is 4.79. The van der Waals surface area contributed by atoms with E-state index in [-0.39, 0.29) is 10.6 Å². The van der Waals surface area contributed by atoms with E-state index in [0.717, 1.165) is 10.8 Å². The van der Waals surface area contributed by atoms with E-state index in [1.165, 1.54) is 19.2 Å². The minimum Gasteiger partial charge on any atom is -0.320 e. The molecular weight excluding hydrogens is 305 g/mol. The molecule has 0 saturated heterocycles. The zero-order valence-corrected chi connectivity index (χ0v) is 11.7. The minimum atomic E-state index is -0.698. The highest BCUT2D eigenvalue weighted by Crippen LogP contribution is 2.25. The van der Waals surface area contributed by atoms with Crippen LogP contribution in [0.1, 0.15) is 10.4 Å². The zero-order valence-electron chi connectivity index (χ0n) is 10.2. The number of carbonyl (C=O) groups excluding carboxylic acids is 1. The highest BCUT2D eigenvalue weighted by molar-refractivity contribution is 6.36. The summed E-state index contributed by atoms with van der Waals surface area (Å²) in [5.41, 5.74) is -1.18. The van der Waals surface area contributed by atoms with Crippen LogP contribution in [0.4, 0.5) is 5.69 Å². The van der Waals surface area contributed by atoms with Gasteiger partial charge in [-0.15, -0.1) is 0 Å². The Hall–Kier alpha value is -2.05. The average molecular weight is 314 g/mol. The number of carbonyl (C=O) groups is 1. The molecule has 0 atom stereocenters. The Morgan fingerprint density at radius 3 is 2.65 bits per heavy atom. The Labute approximate surface area is 123 Å². The summed E-state index contributed by atoms with van der Waals surface area (Å²) in [6, 6.07) is 4.52. The summed E-state index contributed by atoms with van der Waals surface area (Å²) in [5, 5.41) is 3.14. The van der Waals surface area contributed by atoms with Crippen LogP contribution in [0.5, 0.6) is 0 Å². The number of benzene rings is 1. The Morgan fingerprint density at radius 2 is 2.00 bits per heavy atom. The molecule has 0 aliphatic heterocycles. The largest absolute Gasteiger partial charge is 0.328 e. The lowest BCUT2D eigenvalue weighted by molar-refractivity contribution is 0.102. The number of hydrogen-bond donors (Lipinski definition) is 2. The molecule has 0 spiro atoms. The van der Waals surface area contributed by atoms with Gasteiger partial charge in [-0.25, -0.2) is 4.79 Å². The number of hydrogen-bond acceptors (Lipinski definition) is 3. The first-order valence-corrected chi connectivity index (χ1v) is 6.21. The molecule has 20 heavy (non-hydrogen) atoms. The third kappa shape index (κ3) is 2.76. The summed E-state index contributed by atoms with van der Waals surface area (Å²) >= 11 is 11.7. The van der Waals surface area contributed by atoms with Crippen LogP contribution in [0.2, 0.25) is 10.0 Å². The van der Waals surface area contributed by atoms with Crippen LogP contribution in [0, 0.1) is 0 Å². The lowest BCUT2D eigenvalue weighted by Gasteiger charge is -2.07. The number of nitrogens with one attached hydrogen (secondary N) is 2. The summed E-state index contributed by atoms with van der Waals surface area (Å²) in [6.07, 6.45) is 1.06. The van der Waals surface area contributed by atoms with Gasteiger partial charge in [-0.2, -0.15) is 0 Å². The van der Waals surface area contributed by atoms with Gasteiger partial charge in [-0.05, 0) is 18.2 Å². The summed E-state index contributed by atoms with van der Waals surface area (Å²) in [6.45, 7) is 0. The van der Waals surface area contributed by atoms with Gasteiger partial charge in [0.05, 0.1) is 10.7 Å². The molecule has 6 nitrogen and oxygen atoms in total. The Balaban J connectivity index is 2.36. The molecule has 1 aromatic carbocycles. The van der Waals surface area contributed by atoms with E-state index in [1.807, 2.05) is 0 Å². The van der Waals surface area contributed by atoms with Crippen molar-refractivity contribution >= 4 is 34.8 Å². The maximum Gasteiger partial charge on any atom is 0.328 e. The van der Waals surface area contributed by atoms with Crippen LogP contribution in [-0.2, 0) is 7.05 Å². The molecule has 0 bridgehead atoms. The lowest BCUT2D eigenvalue weighted by Crippen LogP contribution is -2.37. The molecule has 2 rings (SSSR count). The number of nitrogens with zero attached hydrogens (tertiary/aromatic N) is 1. The van der Waals surface area contributed by atoms with Crippen molar-refractivity contribution in [2.75, 3.05) is 5.32 Å². The molecule has 2 N–H and O–H groups in total. The maximum atomic E-state index is 12.0. The first-order chi connectivity index (χ1) is 9.40. The number of amides is 1. The van der Waals surface area contributed by atoms with E-state index in [1.54, 1.807) is 6.07 Å². The fraction of sp³-hybridized carbons (Fsp3) is 0.0833. The average Bonchev–Trinajstić information content (AvgIpc) is 2.39. The van der Waals surface area contributed by atoms with Gasteiger partial charge in [0, 0.05) is 18.3 Å². The fourth-order valence-electron chi connectivity index (χ4n) is 1.51. The quantitative estimate of drug-likeness (QED) is 0.884. The number of anilines is 1. The first kappa shape index (κ1) is 14.4. The van der Waals surface area contributed by atoms with Crippen LogP contribution in [-0.4, -0.2) is 15.5 Å². The number of aromatic amines is 1. The Morgan fingerprint density at radius 1 is 1.30 bits per heavy atom. The second-order valence-electron chi connectivity index (χ2n) is 3.95. The molecule has 0 unspecified atom stereocenters. The van der Waals surface area contributed by atoms with Gasteiger partial charge in [-0.3, -0.25) is 14.2 Å². The van der Waals surface area contributed by atoms with Gasteiger partial charge < -0.3 is 10.3 Å². The smallest absolute Gasteiger partial charge is 0.320 e. The van der Waals surface area contributed by atoms with Crippen molar-refractivity contribution in [2.24, 2.45) is 7.05 Å². The van der Waals surface area contributed by atoms with Crippen molar-refractivity contribution in [1.82, 2.24) is 9.55 Å². The molecule has 1 amide bonds. The van der Waals surface area contributed by atoms with Crippen LogP contribution in [0.25, 0.3) is 0 Å². The molecule has 1 aromatic heterocycles. The molecule has 0 aliphatic rings. The summed E-state index contributed by atoms with van der Waals surface area (Å²) in [7, 11) is 1.27. The molecule has 0 fully saturated rings. The maximum absolute atomic E-state index is 12.0. The zero-order chi connectivity index (χ0) is 14.9. The SMILES string of the molecule is Cn1c(=O)[nH]cc(C(=O)Nc2ccc(Cl)cc2Cl)c1=O. The van der Waals surface area contributed by atoms with Gasteiger partial charge in [0.25, 0.3) is 11.5 Å². The molecule has 0 saturated carbocycles. The topological polar surface area (TPSA) is 84.0 Å². The predicted molar refractivity (Wildman–Crippen MR) is 76.7 cm³/mol. The molecule has 8 heteroatoms. The third-order valence-electron chi connectivity index (χ3n) is 2.60. The summed E-state index contributed by atoms with van der Waals surface area (Å²) in [5.74, 6) is -0.675. The Kier molecular flexibility index (Phi) is 3.96. The molecule has 1 heterocycles. The van der Waals surface area contributed by atoms with Crippen LogP contribution < -0.4 is 16.6 Å². The highest BCUT2D eigenvalue weighted by Gasteiger charge is 2.14. The fourth-order valence-corrected chi connectivity index (χ4v) is 1.96. The number of halogens is 2. The molecule has 104 valence electrons. The van der Waals surface area contributed by atoms with Gasteiger partial charge in [0.1, 0.15) is 5.56 Å². The van der Waals surface area contributed by atoms with E-state index >= 15 is 0 Å². The van der Waals surface area contributed by atoms with Crippen LogP contribution in [0.15, 0.2) is 34.0 Å². The van der Waals surface area contributed by atoms with E-state index in [0.29, 0.717) is 10.7 Å². The molecule has 0 radical (unpaired) electrons. The van der Waals surface area contributed by atoms with Gasteiger partial charge in [-0.1, -0.05) is 23.2 Å². The van der Waals surface area contributed by atoms with Gasteiger partial charge in [0.15, 0.2) is 0 Å². The lowest BCUT2D eigenvalue weighted by atomic mass is 10.2. The van der Waals surface area contributed by atoms with E-state index in [2.05, 4.69) is 10.3 Å². The first-order valence-electron chi connectivity index (χ1n) is 5.45. The van der Waals surface area contributed by atoms with Crippen LogP contribution >= 0.6 is 23.2 Å². The molecule has 0 aliphatic carbocycles. The van der Waals surface area contributed by atoms with Crippen molar-refractivity contribution in [3.05, 3.63) is 60.8 Å². The van der Waals surface area contributed by atoms with Crippen LogP contribution in [0.3, 0.4) is 0 Å². The van der Waals surface area contributed by atoms with Crippen molar-refractivity contribution in [3.63, 3.8) is 0 Å². The van der Waals surface area contributed by atoms with Crippen molar-refractivity contribution in [3.8, 4) is 0 Å². The van der Waals surface area contributed by atoms with E-state index in [4.69, 9.17) is 23.2 Å². The third-order valence-corrected chi connectivity index (χ3v) is 3.15. The standard InChI is InChI=1S/C12H9Cl2N3O3/c1-17-11(19)7(5-15-12(17)20)10(18)16-9-3-2-6(13)4-8(9)14/h2-5H,1H3,(H,15,20)(H,16,18). The Bertz CT molecular complexity index is 795. The van der Waals surface area contributed by atoms with E-state index in [9.17, 15) is 14.4 Å². The number of rotatable bonds is 2. The molecular formula is C12H9Cl2N3O3. The minimum absolute atomic E-state index is 0.196. The van der Waals surface area contributed by atoms with Gasteiger partial charge in [0.2, 0.25) is 0 Å². The van der Waals surface area contributed by atoms with Crippen molar-refractivity contribution in [1.29, 1.82) is 0 Å². The van der Waals surface area contributed by atoms with E-state index < -0.39 is 17.2 Å².